The molecule has 1 aromatic carbocycles. The van der Waals surface area contributed by atoms with E-state index in [-0.39, 0.29) is 6.54 Å². The fraction of sp³-hybridized carbons (Fsp3) is 0.333. The highest BCUT2D eigenvalue weighted by Gasteiger charge is 2.17. The van der Waals surface area contributed by atoms with Gasteiger partial charge in [-0.2, -0.15) is 4.68 Å². The van der Waals surface area contributed by atoms with Gasteiger partial charge in [0, 0.05) is 6.54 Å². The van der Waals surface area contributed by atoms with Gasteiger partial charge in [-0.3, -0.25) is 4.79 Å². The smallest absolute Gasteiger partial charge is 0.323 e. The van der Waals surface area contributed by atoms with Crippen LogP contribution in [0.3, 0.4) is 0 Å². The third-order valence-electron chi connectivity index (χ3n) is 2.56. The quantitative estimate of drug-likeness (QED) is 0.833. The summed E-state index contributed by atoms with van der Waals surface area (Å²) in [6, 6.07) is 9.38. The summed E-state index contributed by atoms with van der Waals surface area (Å²) in [5.74, 6) is -0.466. The van der Waals surface area contributed by atoms with E-state index in [4.69, 9.17) is 5.11 Å². The predicted molar refractivity (Wildman–Crippen MR) is 69.3 cm³/mol. The van der Waals surface area contributed by atoms with Crippen molar-refractivity contribution in [1.29, 1.82) is 0 Å². The number of carbonyl (C=O) groups is 1. The number of tetrazole rings is 1. The van der Waals surface area contributed by atoms with Gasteiger partial charge in [-0.05, 0) is 29.0 Å². The molecule has 0 amide bonds. The van der Waals surface area contributed by atoms with Gasteiger partial charge in [0.1, 0.15) is 6.54 Å². The molecule has 0 radical (unpaired) electrons. The van der Waals surface area contributed by atoms with E-state index < -0.39 is 5.97 Å². The number of benzene rings is 1. The minimum Gasteiger partial charge on any atom is -0.480 e. The Hall–Kier alpha value is -2.44. The van der Waals surface area contributed by atoms with E-state index in [1.54, 1.807) is 9.58 Å². The fourth-order valence-corrected chi connectivity index (χ4v) is 1.80. The van der Waals surface area contributed by atoms with Gasteiger partial charge in [0.05, 0.1) is 5.69 Å². The van der Waals surface area contributed by atoms with Gasteiger partial charge in [0.2, 0.25) is 0 Å². The zero-order valence-corrected chi connectivity index (χ0v) is 10.6. The SMILES string of the molecule is CCCN(CC(=O)O)c1nnnn1-c1ccccc1. The second-order valence-electron chi connectivity index (χ2n) is 4.04. The van der Waals surface area contributed by atoms with Crippen LogP contribution in [-0.4, -0.2) is 44.4 Å². The molecule has 19 heavy (non-hydrogen) atoms. The van der Waals surface area contributed by atoms with Crippen LogP contribution in [0.15, 0.2) is 30.3 Å². The molecule has 0 saturated carbocycles. The highest BCUT2D eigenvalue weighted by molar-refractivity contribution is 5.72. The maximum atomic E-state index is 10.9. The molecular formula is C12H15N5O2. The van der Waals surface area contributed by atoms with Crippen molar-refractivity contribution in [3.8, 4) is 5.69 Å². The second-order valence-corrected chi connectivity index (χ2v) is 4.04. The van der Waals surface area contributed by atoms with Crippen LogP contribution in [0.5, 0.6) is 0 Å². The number of rotatable bonds is 6. The van der Waals surface area contributed by atoms with Gasteiger partial charge >= 0.3 is 5.97 Å². The summed E-state index contributed by atoms with van der Waals surface area (Å²) < 4.78 is 1.54. The monoisotopic (exact) mass is 261 g/mol. The summed E-state index contributed by atoms with van der Waals surface area (Å²) in [4.78, 5) is 12.6. The molecule has 0 bridgehead atoms. The van der Waals surface area contributed by atoms with Gasteiger partial charge in [0.15, 0.2) is 0 Å². The Bertz CT molecular complexity index is 540. The van der Waals surface area contributed by atoms with Crippen LogP contribution in [0, 0.1) is 0 Å². The lowest BCUT2D eigenvalue weighted by Crippen LogP contribution is -2.32. The maximum Gasteiger partial charge on any atom is 0.323 e. The Labute approximate surface area is 110 Å². The lowest BCUT2D eigenvalue weighted by atomic mass is 10.3. The van der Waals surface area contributed by atoms with Crippen LogP contribution in [0.4, 0.5) is 5.95 Å². The van der Waals surface area contributed by atoms with Crippen LogP contribution in [-0.2, 0) is 4.79 Å². The third kappa shape index (κ3) is 3.06. The standard InChI is InChI=1S/C12H15N5O2/c1-2-8-16(9-11(18)19)12-13-14-15-17(12)10-6-4-3-5-7-10/h3-7H,2,8-9H2,1H3,(H,18,19). The van der Waals surface area contributed by atoms with Gasteiger partial charge in [0.25, 0.3) is 5.95 Å². The van der Waals surface area contributed by atoms with Crippen LogP contribution in [0.2, 0.25) is 0 Å². The van der Waals surface area contributed by atoms with Crippen molar-refractivity contribution in [3.05, 3.63) is 30.3 Å². The summed E-state index contributed by atoms with van der Waals surface area (Å²) in [7, 11) is 0. The molecule has 1 aromatic heterocycles. The van der Waals surface area contributed by atoms with Crippen molar-refractivity contribution in [2.24, 2.45) is 0 Å². The van der Waals surface area contributed by atoms with Crippen molar-refractivity contribution >= 4 is 11.9 Å². The van der Waals surface area contributed by atoms with Crippen molar-refractivity contribution in [2.75, 3.05) is 18.0 Å². The number of carboxylic acid groups (broad SMARTS) is 1. The number of carboxylic acids is 1. The van der Waals surface area contributed by atoms with Gasteiger partial charge < -0.3 is 10.0 Å². The molecule has 0 aliphatic rings. The molecule has 0 aliphatic carbocycles. The van der Waals surface area contributed by atoms with E-state index in [2.05, 4.69) is 15.5 Å². The number of aromatic nitrogens is 4. The van der Waals surface area contributed by atoms with Crippen LogP contribution < -0.4 is 4.90 Å². The Balaban J connectivity index is 2.33. The zero-order valence-electron chi connectivity index (χ0n) is 10.6. The lowest BCUT2D eigenvalue weighted by molar-refractivity contribution is -0.135. The molecule has 7 heteroatoms. The van der Waals surface area contributed by atoms with E-state index in [1.165, 1.54) is 0 Å². The van der Waals surface area contributed by atoms with Crippen molar-refractivity contribution in [2.45, 2.75) is 13.3 Å². The van der Waals surface area contributed by atoms with Gasteiger partial charge in [-0.1, -0.05) is 30.2 Å². The first kappa shape index (κ1) is 13.0. The maximum absolute atomic E-state index is 10.9. The first-order valence-electron chi connectivity index (χ1n) is 6.03. The van der Waals surface area contributed by atoms with E-state index in [0.717, 1.165) is 12.1 Å². The van der Waals surface area contributed by atoms with Gasteiger partial charge in [-0.25, -0.2) is 0 Å². The second kappa shape index (κ2) is 5.94. The molecule has 1 heterocycles. The number of anilines is 1. The van der Waals surface area contributed by atoms with E-state index in [1.807, 2.05) is 37.3 Å². The first-order chi connectivity index (χ1) is 9.22. The van der Waals surface area contributed by atoms with Crippen molar-refractivity contribution in [3.63, 3.8) is 0 Å². The molecule has 0 unspecified atom stereocenters. The molecule has 2 rings (SSSR count). The highest BCUT2D eigenvalue weighted by Crippen LogP contribution is 2.15. The largest absolute Gasteiger partial charge is 0.480 e. The van der Waals surface area contributed by atoms with Gasteiger partial charge in [-0.15, -0.1) is 0 Å². The molecule has 0 spiro atoms. The van der Waals surface area contributed by atoms with Crippen LogP contribution >= 0.6 is 0 Å². The highest BCUT2D eigenvalue weighted by atomic mass is 16.4. The number of hydrogen-bond donors (Lipinski definition) is 1. The lowest BCUT2D eigenvalue weighted by Gasteiger charge is -2.20. The Morgan fingerprint density at radius 3 is 2.74 bits per heavy atom. The average Bonchev–Trinajstić information content (AvgIpc) is 2.88. The topological polar surface area (TPSA) is 84.1 Å². The van der Waals surface area contributed by atoms with Crippen molar-refractivity contribution < 1.29 is 9.90 Å². The number of hydrogen-bond acceptors (Lipinski definition) is 5. The van der Waals surface area contributed by atoms with Crippen LogP contribution in [0.1, 0.15) is 13.3 Å². The number of nitrogens with zero attached hydrogens (tertiary/aromatic N) is 5. The normalized spacial score (nSPS) is 10.4. The third-order valence-corrected chi connectivity index (χ3v) is 2.56. The van der Waals surface area contributed by atoms with Crippen LogP contribution in [0.25, 0.3) is 5.69 Å². The Morgan fingerprint density at radius 2 is 2.11 bits per heavy atom. The molecular weight excluding hydrogens is 246 g/mol. The zero-order chi connectivity index (χ0) is 13.7. The molecule has 100 valence electrons. The van der Waals surface area contributed by atoms with E-state index in [9.17, 15) is 4.79 Å². The van der Waals surface area contributed by atoms with E-state index >= 15 is 0 Å². The summed E-state index contributed by atoms with van der Waals surface area (Å²) in [6.07, 6.45) is 0.814. The first-order valence-corrected chi connectivity index (χ1v) is 6.03. The van der Waals surface area contributed by atoms with Crippen molar-refractivity contribution in [1.82, 2.24) is 20.2 Å². The molecule has 7 nitrogen and oxygen atoms in total. The molecule has 0 fully saturated rings. The van der Waals surface area contributed by atoms with E-state index in [0.29, 0.717) is 12.5 Å². The summed E-state index contributed by atoms with van der Waals surface area (Å²) in [5, 5.41) is 20.4. The molecule has 0 atom stereocenters. The molecule has 0 saturated heterocycles. The molecule has 1 N–H and O–H groups in total. The minimum absolute atomic E-state index is 0.124. The number of para-hydroxylation sites is 1. The Morgan fingerprint density at radius 1 is 1.37 bits per heavy atom. The summed E-state index contributed by atoms with van der Waals surface area (Å²) in [6.45, 7) is 2.44. The number of aliphatic carboxylic acids is 1. The summed E-state index contributed by atoms with van der Waals surface area (Å²) in [5.41, 5.74) is 0.800. The summed E-state index contributed by atoms with van der Waals surface area (Å²) >= 11 is 0. The fourth-order valence-electron chi connectivity index (χ4n) is 1.80. The minimum atomic E-state index is -0.906. The molecule has 0 aliphatic heterocycles. The molecule has 2 aromatic rings. The average molecular weight is 261 g/mol. The predicted octanol–water partition coefficient (Wildman–Crippen LogP) is 0.963. The Kier molecular flexibility index (Phi) is 4.07.